The lowest BCUT2D eigenvalue weighted by Crippen LogP contribution is -2.58. The number of halogens is 1. The largest absolute Gasteiger partial charge is 0.497 e. The van der Waals surface area contributed by atoms with E-state index in [2.05, 4.69) is 10.6 Å². The second kappa shape index (κ2) is 7.82. The number of carbonyl (C=O) groups is 3. The van der Waals surface area contributed by atoms with Gasteiger partial charge in [-0.3, -0.25) is 14.4 Å². The van der Waals surface area contributed by atoms with Gasteiger partial charge in [0.15, 0.2) is 0 Å². The third-order valence-electron chi connectivity index (χ3n) is 3.52. The van der Waals surface area contributed by atoms with E-state index >= 15 is 0 Å². The number of carbonyl (C=O) groups excluding carboxylic acids is 3. The molecule has 0 unspecified atom stereocenters. The van der Waals surface area contributed by atoms with Crippen LogP contribution in [0.4, 0.5) is 5.69 Å². The number of nitrogens with one attached hydrogen (secondary N) is 2. The summed E-state index contributed by atoms with van der Waals surface area (Å²) in [6.45, 7) is 0.704. The van der Waals surface area contributed by atoms with E-state index in [0.717, 1.165) is 0 Å². The van der Waals surface area contributed by atoms with E-state index in [1.54, 1.807) is 31.4 Å². The highest BCUT2D eigenvalue weighted by Crippen LogP contribution is 2.16. The minimum absolute atomic E-state index is 0.125. The summed E-state index contributed by atoms with van der Waals surface area (Å²) in [7, 11) is 1.55. The van der Waals surface area contributed by atoms with Crippen LogP contribution >= 0.6 is 11.6 Å². The Bertz CT molecular complexity index is 591. The fraction of sp³-hybridized carbons (Fsp3) is 0.400. The first-order valence-electron chi connectivity index (χ1n) is 7.12. The summed E-state index contributed by atoms with van der Waals surface area (Å²) >= 11 is 5.56. The molecule has 1 atom stereocenters. The molecule has 0 spiro atoms. The third-order valence-corrected chi connectivity index (χ3v) is 3.75. The van der Waals surface area contributed by atoms with Crippen molar-refractivity contribution in [3.63, 3.8) is 0 Å². The fourth-order valence-corrected chi connectivity index (χ4v) is 2.51. The monoisotopic (exact) mass is 339 g/mol. The Morgan fingerprint density at radius 3 is 2.70 bits per heavy atom. The van der Waals surface area contributed by atoms with E-state index in [-0.39, 0.29) is 30.0 Å². The number of anilines is 1. The first-order valence-corrected chi connectivity index (χ1v) is 7.65. The molecule has 0 aromatic heterocycles. The Morgan fingerprint density at radius 1 is 1.39 bits per heavy atom. The topological polar surface area (TPSA) is 87.7 Å². The molecule has 23 heavy (non-hydrogen) atoms. The van der Waals surface area contributed by atoms with E-state index in [4.69, 9.17) is 16.3 Å². The van der Waals surface area contributed by atoms with Gasteiger partial charge in [-0.05, 0) is 24.3 Å². The SMILES string of the molecule is COc1ccc(NC(=O)C[C@H]2C(=O)NCCN2C(=O)CCl)cc1. The van der Waals surface area contributed by atoms with Gasteiger partial charge in [0.25, 0.3) is 0 Å². The number of benzene rings is 1. The van der Waals surface area contributed by atoms with E-state index in [1.165, 1.54) is 4.90 Å². The Hall–Kier alpha value is -2.28. The van der Waals surface area contributed by atoms with Crippen molar-refractivity contribution in [2.24, 2.45) is 0 Å². The van der Waals surface area contributed by atoms with Crippen LogP contribution in [-0.2, 0) is 14.4 Å². The molecular weight excluding hydrogens is 322 g/mol. The van der Waals surface area contributed by atoms with Crippen molar-refractivity contribution in [3.8, 4) is 5.75 Å². The van der Waals surface area contributed by atoms with Crippen molar-refractivity contribution < 1.29 is 19.1 Å². The molecule has 2 N–H and O–H groups in total. The van der Waals surface area contributed by atoms with Crippen molar-refractivity contribution in [1.29, 1.82) is 0 Å². The van der Waals surface area contributed by atoms with Crippen molar-refractivity contribution in [3.05, 3.63) is 24.3 Å². The lowest BCUT2D eigenvalue weighted by Gasteiger charge is -2.34. The second-order valence-corrected chi connectivity index (χ2v) is 5.28. The number of hydrogen-bond acceptors (Lipinski definition) is 4. The van der Waals surface area contributed by atoms with Crippen LogP contribution < -0.4 is 15.4 Å². The number of ether oxygens (including phenoxy) is 1. The number of methoxy groups -OCH3 is 1. The second-order valence-electron chi connectivity index (χ2n) is 5.01. The number of alkyl halides is 1. The van der Waals surface area contributed by atoms with Gasteiger partial charge >= 0.3 is 0 Å². The smallest absolute Gasteiger partial charge is 0.243 e. The zero-order valence-corrected chi connectivity index (χ0v) is 13.4. The number of piperazine rings is 1. The van der Waals surface area contributed by atoms with E-state index in [1.807, 2.05) is 0 Å². The Morgan fingerprint density at radius 2 is 2.09 bits per heavy atom. The molecule has 1 fully saturated rings. The first-order chi connectivity index (χ1) is 11.0. The van der Waals surface area contributed by atoms with Crippen molar-refractivity contribution in [2.75, 3.05) is 31.4 Å². The van der Waals surface area contributed by atoms with Crippen LogP contribution in [0.5, 0.6) is 5.75 Å². The zero-order chi connectivity index (χ0) is 16.8. The molecule has 124 valence electrons. The Labute approximate surface area is 138 Å². The highest BCUT2D eigenvalue weighted by Gasteiger charge is 2.34. The number of nitrogens with zero attached hydrogens (tertiary/aromatic N) is 1. The lowest BCUT2D eigenvalue weighted by atomic mass is 10.1. The van der Waals surface area contributed by atoms with Crippen LogP contribution in [0.1, 0.15) is 6.42 Å². The standard InChI is InChI=1S/C15H18ClN3O4/c1-23-11-4-2-10(3-5-11)18-13(20)8-12-15(22)17-6-7-19(12)14(21)9-16/h2-5,12H,6-9H2,1H3,(H,17,22)(H,18,20)/t12-/m0/s1. The molecule has 1 aliphatic rings. The minimum Gasteiger partial charge on any atom is -0.497 e. The molecule has 1 aromatic carbocycles. The summed E-state index contributed by atoms with van der Waals surface area (Å²) in [5.41, 5.74) is 0.585. The molecule has 1 heterocycles. The summed E-state index contributed by atoms with van der Waals surface area (Å²) in [4.78, 5) is 37.2. The quantitative estimate of drug-likeness (QED) is 0.769. The summed E-state index contributed by atoms with van der Waals surface area (Å²) < 4.78 is 5.04. The van der Waals surface area contributed by atoms with Crippen LogP contribution in [0.3, 0.4) is 0 Å². The number of amides is 3. The highest BCUT2D eigenvalue weighted by atomic mass is 35.5. The van der Waals surface area contributed by atoms with Gasteiger partial charge in [0, 0.05) is 18.8 Å². The van der Waals surface area contributed by atoms with Gasteiger partial charge in [-0.1, -0.05) is 0 Å². The normalized spacial score (nSPS) is 17.4. The molecular formula is C15H18ClN3O4. The van der Waals surface area contributed by atoms with Gasteiger partial charge in [0.05, 0.1) is 13.5 Å². The van der Waals surface area contributed by atoms with Gasteiger partial charge in [-0.25, -0.2) is 0 Å². The van der Waals surface area contributed by atoms with E-state index in [9.17, 15) is 14.4 Å². The van der Waals surface area contributed by atoms with Crippen LogP contribution in [0, 0.1) is 0 Å². The van der Waals surface area contributed by atoms with Gasteiger partial charge in [-0.15, -0.1) is 11.6 Å². The Balaban J connectivity index is 2.01. The zero-order valence-electron chi connectivity index (χ0n) is 12.7. The number of hydrogen-bond donors (Lipinski definition) is 2. The maximum Gasteiger partial charge on any atom is 0.243 e. The van der Waals surface area contributed by atoms with Crippen LogP contribution in [0.15, 0.2) is 24.3 Å². The van der Waals surface area contributed by atoms with Crippen LogP contribution in [0.25, 0.3) is 0 Å². The lowest BCUT2D eigenvalue weighted by molar-refractivity contribution is -0.143. The molecule has 3 amide bonds. The molecule has 0 saturated carbocycles. The minimum atomic E-state index is -0.840. The molecule has 2 rings (SSSR count). The maximum absolute atomic E-state index is 12.1. The van der Waals surface area contributed by atoms with Crippen LogP contribution in [-0.4, -0.2) is 54.7 Å². The third kappa shape index (κ3) is 4.35. The van der Waals surface area contributed by atoms with Gasteiger partial charge < -0.3 is 20.3 Å². The molecule has 7 nitrogen and oxygen atoms in total. The highest BCUT2D eigenvalue weighted by molar-refractivity contribution is 6.27. The predicted octanol–water partition coefficient (Wildman–Crippen LogP) is 0.590. The molecule has 0 aliphatic carbocycles. The molecule has 1 aliphatic heterocycles. The van der Waals surface area contributed by atoms with Gasteiger partial charge in [-0.2, -0.15) is 0 Å². The van der Waals surface area contributed by atoms with Crippen molar-refractivity contribution >= 4 is 35.0 Å². The summed E-state index contributed by atoms with van der Waals surface area (Å²) in [6, 6.07) is 5.98. The maximum atomic E-state index is 12.1. The molecule has 0 bridgehead atoms. The average Bonchev–Trinajstić information content (AvgIpc) is 2.56. The van der Waals surface area contributed by atoms with E-state index in [0.29, 0.717) is 24.5 Å². The Kier molecular flexibility index (Phi) is 5.81. The summed E-state index contributed by atoms with van der Waals surface area (Å²) in [6.07, 6.45) is -0.125. The van der Waals surface area contributed by atoms with Crippen molar-refractivity contribution in [1.82, 2.24) is 10.2 Å². The molecule has 0 radical (unpaired) electrons. The van der Waals surface area contributed by atoms with E-state index < -0.39 is 6.04 Å². The molecule has 1 saturated heterocycles. The van der Waals surface area contributed by atoms with Crippen LogP contribution in [0.2, 0.25) is 0 Å². The summed E-state index contributed by atoms with van der Waals surface area (Å²) in [5, 5.41) is 5.35. The first kappa shape index (κ1) is 17.1. The number of rotatable bonds is 5. The van der Waals surface area contributed by atoms with Crippen molar-refractivity contribution in [2.45, 2.75) is 12.5 Å². The molecule has 1 aromatic rings. The summed E-state index contributed by atoms with van der Waals surface area (Å²) in [5.74, 6) is -0.606. The average molecular weight is 340 g/mol. The molecule has 8 heteroatoms. The van der Waals surface area contributed by atoms with Gasteiger partial charge in [0.2, 0.25) is 17.7 Å². The predicted molar refractivity (Wildman–Crippen MR) is 85.5 cm³/mol. The van der Waals surface area contributed by atoms with Gasteiger partial charge in [0.1, 0.15) is 17.7 Å². The fourth-order valence-electron chi connectivity index (χ4n) is 2.35.